The van der Waals surface area contributed by atoms with Gasteiger partial charge in [-0.3, -0.25) is 4.79 Å². The summed E-state index contributed by atoms with van der Waals surface area (Å²) in [6.07, 6.45) is 0.929. The molecule has 0 spiro atoms. The van der Waals surface area contributed by atoms with Gasteiger partial charge in [0.1, 0.15) is 5.67 Å². The van der Waals surface area contributed by atoms with Crippen molar-refractivity contribution in [3.8, 4) is 0 Å². The summed E-state index contributed by atoms with van der Waals surface area (Å²) in [4.78, 5) is 10.0. The summed E-state index contributed by atoms with van der Waals surface area (Å²) >= 11 is 0. The Kier molecular flexibility index (Phi) is 0.994. The number of halogens is 1. The van der Waals surface area contributed by atoms with E-state index >= 15 is 0 Å². The molecule has 0 unspecified atom stereocenters. The fourth-order valence-corrected chi connectivity index (χ4v) is 0.625. The molecule has 1 aliphatic carbocycles. The van der Waals surface area contributed by atoms with Crippen molar-refractivity contribution >= 4 is 5.91 Å². The summed E-state index contributed by atoms with van der Waals surface area (Å²) in [7, 11) is 0. The summed E-state index contributed by atoms with van der Waals surface area (Å²) in [5, 5.41) is 0. The second-order valence-corrected chi connectivity index (χ2v) is 2.29. The van der Waals surface area contributed by atoms with Crippen LogP contribution in [-0.4, -0.2) is 11.6 Å². The van der Waals surface area contributed by atoms with Gasteiger partial charge in [-0.2, -0.15) is 0 Å². The fourth-order valence-electron chi connectivity index (χ4n) is 0.625. The molecule has 1 aliphatic rings. The Morgan fingerprint density at radius 2 is 2.25 bits per heavy atom. The minimum Gasteiger partial charge on any atom is -0.370 e. The molecule has 0 heterocycles. The zero-order valence-electron chi connectivity index (χ0n) is 4.48. The van der Waals surface area contributed by atoms with Gasteiger partial charge in [-0.15, -0.1) is 0 Å². The molecule has 3 heteroatoms. The molecule has 2 N–H and O–H groups in total. The molecule has 2 nitrogen and oxygen atoms in total. The van der Waals surface area contributed by atoms with Crippen molar-refractivity contribution in [2.24, 2.45) is 5.73 Å². The van der Waals surface area contributed by atoms with Crippen molar-refractivity contribution in [3.05, 3.63) is 0 Å². The predicted molar refractivity (Wildman–Crippen MR) is 26.9 cm³/mol. The molecule has 46 valence electrons. The number of carbonyl (C=O) groups is 1. The van der Waals surface area contributed by atoms with E-state index in [2.05, 4.69) is 0 Å². The van der Waals surface area contributed by atoms with Crippen LogP contribution in [0.25, 0.3) is 0 Å². The number of amides is 1. The zero-order chi connectivity index (χ0) is 6.20. The molecule has 0 aromatic carbocycles. The Bertz CT molecular complexity index is 120. The SMILES string of the molecule is NC(=O)CC1(F)CC1. The number of primary amides is 1. The second kappa shape index (κ2) is 1.44. The number of nitrogens with two attached hydrogens (primary N) is 1. The van der Waals surface area contributed by atoms with Crippen LogP contribution in [0.15, 0.2) is 0 Å². The van der Waals surface area contributed by atoms with Gasteiger partial charge < -0.3 is 5.73 Å². The number of hydrogen-bond acceptors (Lipinski definition) is 1. The Balaban J connectivity index is 2.29. The van der Waals surface area contributed by atoms with Crippen molar-refractivity contribution in [3.63, 3.8) is 0 Å². The first kappa shape index (κ1) is 5.54. The molecular weight excluding hydrogens is 109 g/mol. The van der Waals surface area contributed by atoms with Gasteiger partial charge in [0, 0.05) is 0 Å². The Labute approximate surface area is 46.9 Å². The van der Waals surface area contributed by atoms with Crippen LogP contribution in [0.1, 0.15) is 19.3 Å². The van der Waals surface area contributed by atoms with E-state index in [0.29, 0.717) is 12.8 Å². The monoisotopic (exact) mass is 117 g/mol. The molecule has 1 amide bonds. The van der Waals surface area contributed by atoms with Crippen LogP contribution in [0.3, 0.4) is 0 Å². The van der Waals surface area contributed by atoms with Crippen LogP contribution in [0, 0.1) is 0 Å². The minimum atomic E-state index is -1.20. The van der Waals surface area contributed by atoms with Gasteiger partial charge >= 0.3 is 0 Å². The standard InChI is InChI=1S/C5H8FNO/c6-5(1-2-5)3-4(7)8/h1-3H2,(H2,7,8). The first-order valence-electron chi connectivity index (χ1n) is 2.60. The Morgan fingerprint density at radius 3 is 2.38 bits per heavy atom. The molecule has 0 aliphatic heterocycles. The number of carbonyl (C=O) groups excluding carboxylic acids is 1. The molecule has 8 heavy (non-hydrogen) atoms. The van der Waals surface area contributed by atoms with Gasteiger partial charge in [-0.05, 0) is 12.8 Å². The lowest BCUT2D eigenvalue weighted by Gasteiger charge is -1.96. The smallest absolute Gasteiger partial charge is 0.220 e. The lowest BCUT2D eigenvalue weighted by atomic mass is 10.2. The van der Waals surface area contributed by atoms with Gasteiger partial charge in [0.2, 0.25) is 5.91 Å². The molecule has 1 fully saturated rings. The molecule has 0 bridgehead atoms. The number of hydrogen-bond donors (Lipinski definition) is 1. The highest BCUT2D eigenvalue weighted by Crippen LogP contribution is 2.42. The van der Waals surface area contributed by atoms with E-state index in [1.165, 1.54) is 0 Å². The largest absolute Gasteiger partial charge is 0.370 e. The van der Waals surface area contributed by atoms with E-state index < -0.39 is 11.6 Å². The molecule has 0 saturated heterocycles. The topological polar surface area (TPSA) is 43.1 Å². The molecule has 1 rings (SSSR count). The van der Waals surface area contributed by atoms with Crippen LogP contribution in [0.4, 0.5) is 4.39 Å². The van der Waals surface area contributed by atoms with Gasteiger partial charge in [0.15, 0.2) is 0 Å². The van der Waals surface area contributed by atoms with E-state index in [9.17, 15) is 9.18 Å². The summed E-state index contributed by atoms with van der Waals surface area (Å²) < 4.78 is 12.4. The normalized spacial score (nSPS) is 22.6. The first-order chi connectivity index (χ1) is 3.62. The van der Waals surface area contributed by atoms with E-state index in [1.54, 1.807) is 0 Å². The Morgan fingerprint density at radius 1 is 1.75 bits per heavy atom. The number of alkyl halides is 1. The summed E-state index contributed by atoms with van der Waals surface area (Å²) in [6, 6.07) is 0. The van der Waals surface area contributed by atoms with Crippen molar-refractivity contribution in [2.75, 3.05) is 0 Å². The molecule has 0 radical (unpaired) electrons. The maximum Gasteiger partial charge on any atom is 0.220 e. The van der Waals surface area contributed by atoms with Crippen molar-refractivity contribution in [1.82, 2.24) is 0 Å². The van der Waals surface area contributed by atoms with Crippen molar-refractivity contribution in [1.29, 1.82) is 0 Å². The Hall–Kier alpha value is -0.600. The third-order valence-corrected chi connectivity index (χ3v) is 1.28. The first-order valence-corrected chi connectivity index (χ1v) is 2.60. The van der Waals surface area contributed by atoms with Gasteiger partial charge in [-0.1, -0.05) is 0 Å². The van der Waals surface area contributed by atoms with Crippen molar-refractivity contribution in [2.45, 2.75) is 24.9 Å². The third kappa shape index (κ3) is 1.18. The van der Waals surface area contributed by atoms with E-state index in [4.69, 9.17) is 5.73 Å². The summed E-state index contributed by atoms with van der Waals surface area (Å²) in [6.45, 7) is 0. The summed E-state index contributed by atoms with van der Waals surface area (Å²) in [5.74, 6) is -0.537. The van der Waals surface area contributed by atoms with Crippen LogP contribution in [0.5, 0.6) is 0 Å². The highest BCUT2D eigenvalue weighted by Gasteiger charge is 2.44. The lowest BCUT2D eigenvalue weighted by molar-refractivity contribution is -0.119. The summed E-state index contributed by atoms with van der Waals surface area (Å²) in [5.41, 5.74) is 3.54. The highest BCUT2D eigenvalue weighted by molar-refractivity contribution is 5.75. The molecular formula is C5H8FNO. The maximum atomic E-state index is 12.4. The minimum absolute atomic E-state index is 0.0903. The van der Waals surface area contributed by atoms with Crippen LogP contribution in [0.2, 0.25) is 0 Å². The van der Waals surface area contributed by atoms with Gasteiger partial charge in [-0.25, -0.2) is 4.39 Å². The third-order valence-electron chi connectivity index (χ3n) is 1.28. The van der Waals surface area contributed by atoms with Crippen LogP contribution < -0.4 is 5.73 Å². The van der Waals surface area contributed by atoms with E-state index in [-0.39, 0.29) is 6.42 Å². The number of rotatable bonds is 2. The lowest BCUT2D eigenvalue weighted by Crippen LogP contribution is -2.17. The van der Waals surface area contributed by atoms with E-state index in [1.807, 2.05) is 0 Å². The quantitative estimate of drug-likeness (QED) is 0.557. The van der Waals surface area contributed by atoms with Crippen molar-refractivity contribution < 1.29 is 9.18 Å². The van der Waals surface area contributed by atoms with Crippen LogP contribution in [-0.2, 0) is 4.79 Å². The average molecular weight is 117 g/mol. The predicted octanol–water partition coefficient (Wildman–Crippen LogP) is 0.364. The molecule has 0 aromatic heterocycles. The highest BCUT2D eigenvalue weighted by atomic mass is 19.1. The molecule has 0 aromatic rings. The zero-order valence-corrected chi connectivity index (χ0v) is 4.48. The van der Waals surface area contributed by atoms with Gasteiger partial charge in [0.25, 0.3) is 0 Å². The fraction of sp³-hybridized carbons (Fsp3) is 0.800. The second-order valence-electron chi connectivity index (χ2n) is 2.29. The molecule has 0 atom stereocenters. The molecule has 1 saturated carbocycles. The van der Waals surface area contributed by atoms with Crippen LogP contribution >= 0.6 is 0 Å². The van der Waals surface area contributed by atoms with Gasteiger partial charge in [0.05, 0.1) is 6.42 Å². The average Bonchev–Trinajstić information content (AvgIpc) is 2.17. The van der Waals surface area contributed by atoms with E-state index in [0.717, 1.165) is 0 Å². The maximum absolute atomic E-state index is 12.4.